The van der Waals surface area contributed by atoms with Gasteiger partial charge in [0.05, 0.1) is 22.4 Å². The minimum absolute atomic E-state index is 0.0332. The van der Waals surface area contributed by atoms with E-state index in [9.17, 15) is 17.6 Å². The summed E-state index contributed by atoms with van der Waals surface area (Å²) >= 11 is 5.88. The number of carbonyl (C=O) groups excluding carboxylic acids is 1. The molecule has 1 aliphatic heterocycles. The Labute approximate surface area is 146 Å². The predicted molar refractivity (Wildman–Crippen MR) is 89.1 cm³/mol. The summed E-state index contributed by atoms with van der Waals surface area (Å²) in [4.78, 5) is 12.2. The van der Waals surface area contributed by atoms with E-state index in [1.54, 1.807) is 0 Å². The van der Waals surface area contributed by atoms with E-state index in [0.29, 0.717) is 25.9 Å². The summed E-state index contributed by atoms with van der Waals surface area (Å²) in [5.41, 5.74) is -0.895. The number of carbonyl (C=O) groups is 1. The lowest BCUT2D eigenvalue weighted by molar-refractivity contribution is -0.0424. The van der Waals surface area contributed by atoms with E-state index < -0.39 is 27.3 Å². The lowest BCUT2D eigenvalue weighted by Crippen LogP contribution is -2.53. The highest BCUT2D eigenvalue weighted by Crippen LogP contribution is 2.27. The highest BCUT2D eigenvalue weighted by Gasteiger charge is 2.37. The number of nitrogens with one attached hydrogen (secondary N) is 1. The van der Waals surface area contributed by atoms with Crippen molar-refractivity contribution in [2.75, 3.05) is 33.0 Å². The van der Waals surface area contributed by atoms with Gasteiger partial charge in [0.2, 0.25) is 10.0 Å². The first kappa shape index (κ1) is 19.1. The maximum Gasteiger partial charge on any atom is 0.255 e. The predicted octanol–water partition coefficient (Wildman–Crippen LogP) is 1.65. The zero-order valence-corrected chi connectivity index (χ0v) is 15.1. The number of rotatable bonds is 5. The van der Waals surface area contributed by atoms with Crippen LogP contribution in [0.4, 0.5) is 4.39 Å². The molecule has 1 fully saturated rings. The molecule has 0 aliphatic carbocycles. The molecule has 0 unspecified atom stereocenters. The van der Waals surface area contributed by atoms with E-state index in [0.717, 1.165) is 12.3 Å². The molecule has 9 heteroatoms. The number of amides is 1. The van der Waals surface area contributed by atoms with E-state index >= 15 is 0 Å². The van der Waals surface area contributed by atoms with E-state index in [1.165, 1.54) is 23.5 Å². The molecule has 0 aromatic heterocycles. The fourth-order valence-corrected chi connectivity index (χ4v) is 3.82. The fraction of sp³-hybridized carbons (Fsp3) is 0.533. The second-order valence-electron chi connectivity index (χ2n) is 5.83. The number of methoxy groups -OCH3 is 1. The van der Waals surface area contributed by atoms with Gasteiger partial charge in [-0.2, -0.15) is 0 Å². The monoisotopic (exact) mass is 378 g/mol. The van der Waals surface area contributed by atoms with Gasteiger partial charge in [-0.3, -0.25) is 4.79 Å². The number of benzene rings is 1. The molecule has 0 spiro atoms. The molecule has 1 aromatic carbocycles. The number of hydrogen-bond acceptors (Lipinski definition) is 4. The van der Waals surface area contributed by atoms with Gasteiger partial charge in [-0.05, 0) is 25.0 Å². The summed E-state index contributed by atoms with van der Waals surface area (Å²) in [6, 6.07) is 4.03. The molecule has 24 heavy (non-hydrogen) atoms. The second-order valence-corrected chi connectivity index (χ2v) is 8.22. The quantitative estimate of drug-likeness (QED) is 0.845. The molecule has 0 bridgehead atoms. The Morgan fingerprint density at radius 1 is 1.42 bits per heavy atom. The average Bonchev–Trinajstić information content (AvgIpc) is 2.52. The van der Waals surface area contributed by atoms with Gasteiger partial charge < -0.3 is 10.1 Å². The molecule has 0 radical (unpaired) electrons. The summed E-state index contributed by atoms with van der Waals surface area (Å²) in [5, 5.41) is 2.67. The van der Waals surface area contributed by atoms with Crippen LogP contribution in [0.1, 0.15) is 23.2 Å². The molecule has 1 aromatic rings. The third-order valence-electron chi connectivity index (χ3n) is 4.30. The number of piperidine rings is 1. The highest BCUT2D eigenvalue weighted by molar-refractivity contribution is 7.88. The van der Waals surface area contributed by atoms with Crippen LogP contribution in [-0.4, -0.2) is 57.2 Å². The van der Waals surface area contributed by atoms with Crippen molar-refractivity contribution in [1.29, 1.82) is 0 Å². The Kier molecular flexibility index (Phi) is 5.85. The number of ether oxygens (including phenoxy) is 1. The van der Waals surface area contributed by atoms with Crippen molar-refractivity contribution in [1.82, 2.24) is 9.62 Å². The lowest BCUT2D eigenvalue weighted by atomic mass is 9.92. The van der Waals surface area contributed by atoms with Gasteiger partial charge in [-0.15, -0.1) is 0 Å². The Bertz CT molecular complexity index is 698. The minimum Gasteiger partial charge on any atom is -0.376 e. The Morgan fingerprint density at radius 2 is 2.04 bits per heavy atom. The Hall–Kier alpha value is -1.22. The van der Waals surface area contributed by atoms with Gasteiger partial charge in [0, 0.05) is 26.7 Å². The van der Waals surface area contributed by atoms with Crippen molar-refractivity contribution < 1.29 is 22.3 Å². The van der Waals surface area contributed by atoms with Crippen molar-refractivity contribution in [2.24, 2.45) is 0 Å². The van der Waals surface area contributed by atoms with Gasteiger partial charge in [0.25, 0.3) is 5.91 Å². The largest absolute Gasteiger partial charge is 0.376 e. The summed E-state index contributed by atoms with van der Waals surface area (Å²) in [5.74, 6) is -1.32. The van der Waals surface area contributed by atoms with Crippen LogP contribution < -0.4 is 5.32 Å². The number of sulfonamides is 1. The first-order valence-corrected chi connectivity index (χ1v) is 9.64. The van der Waals surface area contributed by atoms with Crippen molar-refractivity contribution in [3.63, 3.8) is 0 Å². The van der Waals surface area contributed by atoms with Crippen LogP contribution >= 0.6 is 11.6 Å². The van der Waals surface area contributed by atoms with Crippen molar-refractivity contribution in [3.8, 4) is 0 Å². The van der Waals surface area contributed by atoms with Crippen molar-refractivity contribution in [3.05, 3.63) is 34.6 Å². The molecule has 134 valence electrons. The van der Waals surface area contributed by atoms with Gasteiger partial charge >= 0.3 is 0 Å². The first-order valence-electron chi connectivity index (χ1n) is 7.41. The highest BCUT2D eigenvalue weighted by atomic mass is 35.5. The summed E-state index contributed by atoms with van der Waals surface area (Å²) in [6.45, 7) is 0.761. The zero-order valence-electron chi connectivity index (χ0n) is 13.5. The molecule has 2 rings (SSSR count). The minimum atomic E-state index is -3.25. The summed E-state index contributed by atoms with van der Waals surface area (Å²) in [6.07, 6.45) is 2.03. The van der Waals surface area contributed by atoms with Crippen molar-refractivity contribution in [2.45, 2.75) is 18.4 Å². The third-order valence-corrected chi connectivity index (χ3v) is 5.91. The topological polar surface area (TPSA) is 75.7 Å². The average molecular weight is 379 g/mol. The maximum absolute atomic E-state index is 13.8. The first-order chi connectivity index (χ1) is 11.2. The van der Waals surface area contributed by atoms with E-state index in [-0.39, 0.29) is 17.1 Å². The molecule has 1 aliphatic rings. The maximum atomic E-state index is 13.8. The van der Waals surface area contributed by atoms with Gasteiger partial charge in [0.15, 0.2) is 0 Å². The fourth-order valence-electron chi connectivity index (χ4n) is 2.72. The molecular weight excluding hydrogens is 359 g/mol. The van der Waals surface area contributed by atoms with E-state index in [1.807, 2.05) is 0 Å². The lowest BCUT2D eigenvalue weighted by Gasteiger charge is -2.39. The molecule has 0 atom stereocenters. The number of halogens is 2. The Balaban J connectivity index is 2.03. The van der Waals surface area contributed by atoms with E-state index in [4.69, 9.17) is 16.3 Å². The summed E-state index contributed by atoms with van der Waals surface area (Å²) in [7, 11) is -1.73. The van der Waals surface area contributed by atoms with Crippen LogP contribution in [0.3, 0.4) is 0 Å². The molecule has 0 saturated carbocycles. The van der Waals surface area contributed by atoms with Crippen molar-refractivity contribution >= 4 is 27.5 Å². The van der Waals surface area contributed by atoms with Crippen LogP contribution in [0.15, 0.2) is 18.2 Å². The Morgan fingerprint density at radius 3 is 2.54 bits per heavy atom. The van der Waals surface area contributed by atoms with Crippen LogP contribution in [0.2, 0.25) is 5.02 Å². The molecule has 1 heterocycles. The standard InChI is InChI=1S/C15H20ClFN2O4S/c1-23-15(6-8-19(9-7-15)24(2,21)22)10-18-14(20)13-11(16)4-3-5-12(13)17/h3-5H,6-10H2,1-2H3,(H,18,20). The zero-order chi connectivity index (χ0) is 18.0. The number of hydrogen-bond donors (Lipinski definition) is 1. The molecular formula is C15H20ClFN2O4S. The SMILES string of the molecule is COC1(CNC(=O)c2c(F)cccc2Cl)CCN(S(C)(=O)=O)CC1. The van der Waals surface area contributed by atoms with Crippen LogP contribution in [0, 0.1) is 5.82 Å². The summed E-state index contributed by atoms with van der Waals surface area (Å²) < 4.78 is 43.8. The molecule has 1 N–H and O–H groups in total. The van der Waals surface area contributed by atoms with Crippen LogP contribution in [0.5, 0.6) is 0 Å². The molecule has 6 nitrogen and oxygen atoms in total. The van der Waals surface area contributed by atoms with Gasteiger partial charge in [-0.1, -0.05) is 17.7 Å². The number of nitrogens with zero attached hydrogens (tertiary/aromatic N) is 1. The van der Waals surface area contributed by atoms with Crippen LogP contribution in [0.25, 0.3) is 0 Å². The molecule has 1 amide bonds. The second kappa shape index (κ2) is 7.35. The smallest absolute Gasteiger partial charge is 0.255 e. The molecule has 1 saturated heterocycles. The third kappa shape index (κ3) is 4.24. The van der Waals surface area contributed by atoms with Crippen LogP contribution in [-0.2, 0) is 14.8 Å². The van der Waals surface area contributed by atoms with Gasteiger partial charge in [-0.25, -0.2) is 17.1 Å². The van der Waals surface area contributed by atoms with Gasteiger partial charge in [0.1, 0.15) is 5.82 Å². The van der Waals surface area contributed by atoms with E-state index in [2.05, 4.69) is 5.32 Å². The normalized spacial score (nSPS) is 18.3.